The molecule has 1 amide bonds. The van der Waals surface area contributed by atoms with Crippen molar-refractivity contribution < 1.29 is 14.3 Å². The summed E-state index contributed by atoms with van der Waals surface area (Å²) in [6.07, 6.45) is 0.00421. The molecule has 0 aromatic heterocycles. The molecule has 2 heterocycles. The zero-order valence-electron chi connectivity index (χ0n) is 9.16. The van der Waals surface area contributed by atoms with E-state index in [1.54, 1.807) is 4.90 Å². The first-order chi connectivity index (χ1) is 6.30. The molecule has 2 saturated heterocycles. The number of nitrogens with zero attached hydrogens (tertiary/aromatic N) is 1. The van der Waals surface area contributed by atoms with Crippen molar-refractivity contribution in [1.29, 1.82) is 0 Å². The Kier molecular flexibility index (Phi) is 1.83. The molecule has 0 bridgehead atoms. The van der Waals surface area contributed by atoms with Crippen LogP contribution < -0.4 is 0 Å². The number of morpholine rings is 1. The Balaban J connectivity index is 1.89. The minimum Gasteiger partial charge on any atom is -0.444 e. The van der Waals surface area contributed by atoms with E-state index in [1.165, 1.54) is 0 Å². The van der Waals surface area contributed by atoms with Crippen molar-refractivity contribution >= 4 is 6.09 Å². The van der Waals surface area contributed by atoms with Gasteiger partial charge >= 0.3 is 6.09 Å². The molecule has 14 heavy (non-hydrogen) atoms. The van der Waals surface area contributed by atoms with Crippen LogP contribution in [0.3, 0.4) is 0 Å². The number of fused-ring (bicyclic) bond motifs is 1. The molecule has 2 atom stereocenters. The van der Waals surface area contributed by atoms with Crippen molar-refractivity contribution in [3.63, 3.8) is 0 Å². The Morgan fingerprint density at radius 1 is 1.57 bits per heavy atom. The Hall–Kier alpha value is -0.770. The van der Waals surface area contributed by atoms with Gasteiger partial charge in [0, 0.05) is 0 Å². The maximum Gasteiger partial charge on any atom is 0.410 e. The number of rotatable bonds is 0. The Labute approximate surface area is 84.2 Å². The third-order valence-corrected chi connectivity index (χ3v) is 2.58. The molecule has 0 aromatic carbocycles. The minimum atomic E-state index is -0.411. The highest BCUT2D eigenvalue weighted by molar-refractivity contribution is 5.69. The lowest BCUT2D eigenvalue weighted by molar-refractivity contribution is 0.0203. The first kappa shape index (κ1) is 9.77. The Morgan fingerprint density at radius 3 is 2.64 bits per heavy atom. The number of carbonyl (C=O) groups is 1. The van der Waals surface area contributed by atoms with Gasteiger partial charge in [0.05, 0.1) is 13.1 Å². The molecule has 0 aliphatic carbocycles. The van der Waals surface area contributed by atoms with Crippen LogP contribution >= 0.6 is 0 Å². The second-order valence-corrected chi connectivity index (χ2v) is 5.28. The fraction of sp³-hybridized carbons (Fsp3) is 0.900. The van der Waals surface area contributed by atoms with Crippen LogP contribution in [0.5, 0.6) is 0 Å². The van der Waals surface area contributed by atoms with Gasteiger partial charge < -0.3 is 14.4 Å². The predicted octanol–water partition coefficient (Wildman–Crippen LogP) is 1.39. The number of likely N-dealkylation sites (tertiary alicyclic amines) is 1. The molecule has 2 aliphatic rings. The van der Waals surface area contributed by atoms with E-state index in [-0.39, 0.29) is 17.8 Å². The van der Waals surface area contributed by atoms with Gasteiger partial charge in [0.2, 0.25) is 0 Å². The van der Waals surface area contributed by atoms with Crippen LogP contribution in [0.25, 0.3) is 0 Å². The molecule has 0 spiro atoms. The summed E-state index contributed by atoms with van der Waals surface area (Å²) < 4.78 is 10.7. The summed E-state index contributed by atoms with van der Waals surface area (Å²) in [4.78, 5) is 13.3. The van der Waals surface area contributed by atoms with Crippen molar-refractivity contribution in [3.05, 3.63) is 0 Å². The molecule has 4 nitrogen and oxygen atoms in total. The van der Waals surface area contributed by atoms with Crippen molar-refractivity contribution in [1.82, 2.24) is 4.90 Å². The van der Waals surface area contributed by atoms with E-state index in [0.717, 1.165) is 0 Å². The monoisotopic (exact) mass is 199 g/mol. The highest BCUT2D eigenvalue weighted by atomic mass is 16.6. The van der Waals surface area contributed by atoms with Gasteiger partial charge in [-0.1, -0.05) is 0 Å². The maximum atomic E-state index is 11.6. The molecule has 2 fully saturated rings. The first-order valence-electron chi connectivity index (χ1n) is 4.96. The molecule has 4 heteroatoms. The largest absolute Gasteiger partial charge is 0.444 e. The number of carbonyl (C=O) groups excluding carboxylic acids is 1. The normalized spacial score (nSPS) is 35.4. The summed E-state index contributed by atoms with van der Waals surface area (Å²) in [6.45, 7) is 8.99. The molecule has 2 aliphatic heterocycles. The van der Waals surface area contributed by atoms with E-state index >= 15 is 0 Å². The third-order valence-electron chi connectivity index (χ3n) is 2.58. The average Bonchev–Trinajstić information content (AvgIpc) is 2.47. The summed E-state index contributed by atoms with van der Waals surface area (Å²) >= 11 is 0. The second-order valence-electron chi connectivity index (χ2n) is 5.28. The average molecular weight is 199 g/mol. The van der Waals surface area contributed by atoms with Crippen molar-refractivity contribution in [3.8, 4) is 0 Å². The lowest BCUT2D eigenvalue weighted by atomic mass is 10.2. The molecule has 0 N–H and O–H groups in total. The maximum absolute atomic E-state index is 11.6. The lowest BCUT2D eigenvalue weighted by Crippen LogP contribution is -2.38. The molecular weight excluding hydrogens is 182 g/mol. The highest BCUT2D eigenvalue weighted by Gasteiger charge is 2.60. The predicted molar refractivity (Wildman–Crippen MR) is 51.1 cm³/mol. The van der Waals surface area contributed by atoms with Gasteiger partial charge in [-0.25, -0.2) is 4.79 Å². The van der Waals surface area contributed by atoms with Crippen LogP contribution in [-0.2, 0) is 9.47 Å². The van der Waals surface area contributed by atoms with Gasteiger partial charge in [0.1, 0.15) is 17.3 Å². The SMILES string of the molecule is CC(C)(C)OC(=O)N1CC2OC2(C)C1. The van der Waals surface area contributed by atoms with E-state index in [4.69, 9.17) is 9.47 Å². The van der Waals surface area contributed by atoms with E-state index in [0.29, 0.717) is 13.1 Å². The summed E-state index contributed by atoms with van der Waals surface area (Å²) in [5, 5.41) is 0. The summed E-state index contributed by atoms with van der Waals surface area (Å²) in [5.41, 5.74) is -0.497. The van der Waals surface area contributed by atoms with E-state index < -0.39 is 5.60 Å². The minimum absolute atomic E-state index is 0.0864. The van der Waals surface area contributed by atoms with Gasteiger partial charge in [-0.3, -0.25) is 0 Å². The first-order valence-corrected chi connectivity index (χ1v) is 4.96. The van der Waals surface area contributed by atoms with Crippen LogP contribution in [0, 0.1) is 0 Å². The summed E-state index contributed by atoms with van der Waals surface area (Å²) in [5.74, 6) is 0. The smallest absolute Gasteiger partial charge is 0.410 e. The molecular formula is C10H17NO3. The summed E-state index contributed by atoms with van der Waals surface area (Å²) in [7, 11) is 0. The van der Waals surface area contributed by atoms with Crippen LogP contribution in [0.2, 0.25) is 0 Å². The van der Waals surface area contributed by atoms with Crippen molar-refractivity contribution in [2.24, 2.45) is 0 Å². The molecule has 0 radical (unpaired) electrons. The number of hydrogen-bond donors (Lipinski definition) is 0. The molecule has 2 unspecified atom stereocenters. The van der Waals surface area contributed by atoms with Crippen LogP contribution in [0.1, 0.15) is 27.7 Å². The number of hydrogen-bond acceptors (Lipinski definition) is 3. The van der Waals surface area contributed by atoms with Gasteiger partial charge in [-0.05, 0) is 27.7 Å². The van der Waals surface area contributed by atoms with Crippen LogP contribution in [0.4, 0.5) is 4.79 Å². The zero-order chi connectivity index (χ0) is 10.6. The van der Waals surface area contributed by atoms with Crippen molar-refractivity contribution in [2.45, 2.75) is 45.0 Å². The number of ether oxygens (including phenoxy) is 2. The van der Waals surface area contributed by atoms with Gasteiger partial charge in [0.25, 0.3) is 0 Å². The van der Waals surface area contributed by atoms with E-state index in [1.807, 2.05) is 27.7 Å². The van der Waals surface area contributed by atoms with Gasteiger partial charge in [-0.2, -0.15) is 0 Å². The van der Waals surface area contributed by atoms with Gasteiger partial charge in [0.15, 0.2) is 0 Å². The van der Waals surface area contributed by atoms with E-state index in [9.17, 15) is 4.79 Å². The standard InChI is InChI=1S/C10H17NO3/c1-9(2,3)14-8(12)11-5-7-10(4,6-11)13-7/h7H,5-6H2,1-4H3. The van der Waals surface area contributed by atoms with Crippen LogP contribution in [-0.4, -0.2) is 41.4 Å². The van der Waals surface area contributed by atoms with Gasteiger partial charge in [-0.15, -0.1) is 0 Å². The highest BCUT2D eigenvalue weighted by Crippen LogP contribution is 2.42. The Bertz CT molecular complexity index is 271. The topological polar surface area (TPSA) is 42.1 Å². The molecule has 2 rings (SSSR count). The lowest BCUT2D eigenvalue weighted by Gasteiger charge is -2.25. The zero-order valence-corrected chi connectivity index (χ0v) is 9.16. The number of amides is 1. The van der Waals surface area contributed by atoms with Crippen molar-refractivity contribution in [2.75, 3.05) is 13.1 Å². The Morgan fingerprint density at radius 2 is 2.21 bits per heavy atom. The second kappa shape index (κ2) is 2.63. The fourth-order valence-corrected chi connectivity index (χ4v) is 1.77. The molecule has 0 aromatic rings. The fourth-order valence-electron chi connectivity index (χ4n) is 1.77. The summed E-state index contributed by atoms with van der Waals surface area (Å²) in [6, 6.07) is 0. The van der Waals surface area contributed by atoms with E-state index in [2.05, 4.69) is 0 Å². The number of epoxide rings is 1. The third kappa shape index (κ3) is 1.71. The molecule has 80 valence electrons. The quantitative estimate of drug-likeness (QED) is 0.554. The molecule has 0 saturated carbocycles. The van der Waals surface area contributed by atoms with Crippen LogP contribution in [0.15, 0.2) is 0 Å².